The molecule has 0 aliphatic heterocycles. The molecule has 0 atom stereocenters. The van der Waals surface area contributed by atoms with E-state index in [2.05, 4.69) is 21.6 Å². The van der Waals surface area contributed by atoms with Crippen molar-refractivity contribution in [3.63, 3.8) is 0 Å². The normalized spacial score (nSPS) is 10.8. The predicted octanol–water partition coefficient (Wildman–Crippen LogP) is 5.26. The molecule has 0 spiro atoms. The van der Waals surface area contributed by atoms with Crippen LogP contribution in [0.5, 0.6) is 11.5 Å². The molecular weight excluding hydrogens is 468 g/mol. The summed E-state index contributed by atoms with van der Waals surface area (Å²) < 4.78 is 12.8. The van der Waals surface area contributed by atoms with Crippen LogP contribution in [0, 0.1) is 11.3 Å². The Balaban J connectivity index is 1.31. The molecule has 0 aliphatic carbocycles. The van der Waals surface area contributed by atoms with Gasteiger partial charge in [-0.15, -0.1) is 11.3 Å². The molecule has 1 amide bonds. The van der Waals surface area contributed by atoms with Gasteiger partial charge in [-0.2, -0.15) is 10.4 Å². The molecular formula is C25H20N4O3S2. The van der Waals surface area contributed by atoms with Gasteiger partial charge in [-0.3, -0.25) is 4.79 Å². The number of nitrogens with zero attached hydrogens (tertiary/aromatic N) is 3. The standard InChI is InChI=1S/C25H20N4O3S2/c1-31-22-14-18(8-11-21(22)32-13-12-26)15-27-29-24(30)19-9-6-17(7-10-19)16-33-25-28-20-4-2-3-5-23(20)34-25/h2-11,14-15H,13,16H2,1H3,(H,29,30)/b27-15+. The molecule has 1 aromatic heterocycles. The van der Waals surface area contributed by atoms with Crippen molar-refractivity contribution in [1.29, 1.82) is 5.26 Å². The Bertz CT molecular complexity index is 1330. The van der Waals surface area contributed by atoms with Crippen molar-refractivity contribution < 1.29 is 14.3 Å². The van der Waals surface area contributed by atoms with E-state index in [1.54, 1.807) is 53.4 Å². The van der Waals surface area contributed by atoms with Crippen molar-refractivity contribution in [1.82, 2.24) is 10.4 Å². The summed E-state index contributed by atoms with van der Waals surface area (Å²) in [5.74, 6) is 1.41. The van der Waals surface area contributed by atoms with Crippen LogP contribution in [0.4, 0.5) is 0 Å². The van der Waals surface area contributed by atoms with Crippen molar-refractivity contribution in [3.05, 3.63) is 83.4 Å². The first-order valence-corrected chi connectivity index (χ1v) is 12.0. The van der Waals surface area contributed by atoms with Crippen LogP contribution in [0.2, 0.25) is 0 Å². The molecule has 0 bridgehead atoms. The highest BCUT2D eigenvalue weighted by atomic mass is 32.2. The maximum atomic E-state index is 12.4. The molecule has 9 heteroatoms. The molecule has 0 saturated carbocycles. The number of thioether (sulfide) groups is 1. The molecule has 3 aromatic carbocycles. The summed E-state index contributed by atoms with van der Waals surface area (Å²) in [6, 6.07) is 22.6. The maximum absolute atomic E-state index is 12.4. The molecule has 0 fully saturated rings. The zero-order chi connectivity index (χ0) is 23.8. The fraction of sp³-hybridized carbons (Fsp3) is 0.120. The minimum Gasteiger partial charge on any atom is -0.493 e. The van der Waals surface area contributed by atoms with Crippen molar-refractivity contribution >= 4 is 45.4 Å². The quantitative estimate of drug-likeness (QED) is 0.196. The minimum atomic E-state index is -0.303. The monoisotopic (exact) mass is 488 g/mol. The second-order valence-electron chi connectivity index (χ2n) is 6.99. The minimum absolute atomic E-state index is 0.0701. The summed E-state index contributed by atoms with van der Waals surface area (Å²) in [4.78, 5) is 17.0. The van der Waals surface area contributed by atoms with Crippen molar-refractivity contribution in [2.75, 3.05) is 13.7 Å². The van der Waals surface area contributed by atoms with E-state index in [-0.39, 0.29) is 12.5 Å². The SMILES string of the molecule is COc1cc(/C=N/NC(=O)c2ccc(CSc3nc4ccccc4s3)cc2)ccc1OCC#N. The van der Waals surface area contributed by atoms with Gasteiger partial charge in [0.25, 0.3) is 5.91 Å². The first kappa shape index (κ1) is 23.3. The van der Waals surface area contributed by atoms with E-state index in [1.807, 2.05) is 36.4 Å². The highest BCUT2D eigenvalue weighted by Crippen LogP contribution is 2.31. The van der Waals surface area contributed by atoms with Crippen LogP contribution in [-0.2, 0) is 5.75 Å². The summed E-state index contributed by atoms with van der Waals surface area (Å²) in [6.07, 6.45) is 1.51. The number of hydrazone groups is 1. The van der Waals surface area contributed by atoms with E-state index in [0.29, 0.717) is 22.6 Å². The Morgan fingerprint density at radius 2 is 2.00 bits per heavy atom. The van der Waals surface area contributed by atoms with Crippen LogP contribution < -0.4 is 14.9 Å². The molecule has 1 N–H and O–H groups in total. The maximum Gasteiger partial charge on any atom is 0.271 e. The molecule has 7 nitrogen and oxygen atoms in total. The van der Waals surface area contributed by atoms with Gasteiger partial charge in [0.2, 0.25) is 0 Å². The fourth-order valence-corrected chi connectivity index (χ4v) is 5.06. The summed E-state index contributed by atoms with van der Waals surface area (Å²) in [5.41, 5.74) is 5.88. The van der Waals surface area contributed by atoms with Crippen LogP contribution in [0.3, 0.4) is 0 Å². The van der Waals surface area contributed by atoms with E-state index in [9.17, 15) is 4.79 Å². The summed E-state index contributed by atoms with van der Waals surface area (Å²) >= 11 is 3.36. The number of nitriles is 1. The Morgan fingerprint density at radius 3 is 2.76 bits per heavy atom. The zero-order valence-corrected chi connectivity index (χ0v) is 19.9. The molecule has 1 heterocycles. The second kappa shape index (κ2) is 11.3. The number of fused-ring (bicyclic) bond motifs is 1. The van der Waals surface area contributed by atoms with Crippen LogP contribution >= 0.6 is 23.1 Å². The molecule has 4 aromatic rings. The first-order valence-electron chi connectivity index (χ1n) is 10.2. The number of aromatic nitrogens is 1. The summed E-state index contributed by atoms with van der Waals surface area (Å²) in [6.45, 7) is -0.0701. The lowest BCUT2D eigenvalue weighted by atomic mass is 10.1. The van der Waals surface area contributed by atoms with Crippen LogP contribution in [0.15, 0.2) is 76.2 Å². The summed E-state index contributed by atoms with van der Waals surface area (Å²) in [5, 5.41) is 12.7. The lowest BCUT2D eigenvalue weighted by Gasteiger charge is -2.08. The van der Waals surface area contributed by atoms with Gasteiger partial charge < -0.3 is 9.47 Å². The van der Waals surface area contributed by atoms with Crippen LogP contribution in [0.25, 0.3) is 10.2 Å². The number of thiazole rings is 1. The first-order chi connectivity index (χ1) is 16.7. The summed E-state index contributed by atoms with van der Waals surface area (Å²) in [7, 11) is 1.51. The Kier molecular flexibility index (Phi) is 7.75. The lowest BCUT2D eigenvalue weighted by molar-refractivity contribution is 0.0955. The number of methoxy groups -OCH3 is 1. The average Bonchev–Trinajstić information content (AvgIpc) is 3.30. The fourth-order valence-electron chi connectivity index (χ4n) is 3.03. The van der Waals surface area contributed by atoms with E-state index >= 15 is 0 Å². The Labute approximate surface area is 205 Å². The number of rotatable bonds is 9. The Morgan fingerprint density at radius 1 is 1.18 bits per heavy atom. The number of para-hydroxylation sites is 1. The van der Waals surface area contributed by atoms with Crippen LogP contribution in [0.1, 0.15) is 21.5 Å². The van der Waals surface area contributed by atoms with E-state index in [1.165, 1.54) is 18.0 Å². The third kappa shape index (κ3) is 5.92. The second-order valence-corrected chi connectivity index (χ2v) is 9.24. The highest BCUT2D eigenvalue weighted by molar-refractivity contribution is 8.00. The number of hydrogen-bond donors (Lipinski definition) is 1. The predicted molar refractivity (Wildman–Crippen MR) is 135 cm³/mol. The van der Waals surface area contributed by atoms with Gasteiger partial charge in [-0.05, 0) is 53.6 Å². The third-order valence-corrected chi connectivity index (χ3v) is 6.96. The number of carbonyl (C=O) groups excluding carboxylic acids is 1. The van der Waals surface area contributed by atoms with Crippen LogP contribution in [-0.4, -0.2) is 30.8 Å². The number of hydrogen-bond acceptors (Lipinski definition) is 8. The molecule has 0 saturated heterocycles. The van der Waals surface area contributed by atoms with Gasteiger partial charge in [0.05, 0.1) is 23.5 Å². The lowest BCUT2D eigenvalue weighted by Crippen LogP contribution is -2.17. The zero-order valence-electron chi connectivity index (χ0n) is 18.2. The Hall–Kier alpha value is -3.87. The van der Waals surface area contributed by atoms with Gasteiger partial charge in [-0.1, -0.05) is 36.0 Å². The van der Waals surface area contributed by atoms with Gasteiger partial charge in [0.1, 0.15) is 6.07 Å². The highest BCUT2D eigenvalue weighted by Gasteiger charge is 2.08. The van der Waals surface area contributed by atoms with Crippen molar-refractivity contribution in [2.24, 2.45) is 5.10 Å². The molecule has 0 radical (unpaired) electrons. The number of carbonyl (C=O) groups is 1. The average molecular weight is 489 g/mol. The smallest absolute Gasteiger partial charge is 0.271 e. The van der Waals surface area contributed by atoms with Gasteiger partial charge in [-0.25, -0.2) is 10.4 Å². The number of ether oxygens (including phenoxy) is 2. The molecule has 0 aliphatic rings. The number of amides is 1. The molecule has 0 unspecified atom stereocenters. The van der Waals surface area contributed by atoms with E-state index < -0.39 is 0 Å². The largest absolute Gasteiger partial charge is 0.493 e. The van der Waals surface area contributed by atoms with Gasteiger partial charge in [0, 0.05) is 11.3 Å². The van der Waals surface area contributed by atoms with Crippen molar-refractivity contribution in [3.8, 4) is 17.6 Å². The molecule has 34 heavy (non-hydrogen) atoms. The number of benzene rings is 3. The van der Waals surface area contributed by atoms with Crippen molar-refractivity contribution in [2.45, 2.75) is 10.1 Å². The van der Waals surface area contributed by atoms with E-state index in [4.69, 9.17) is 14.7 Å². The van der Waals surface area contributed by atoms with E-state index in [0.717, 1.165) is 21.2 Å². The molecule has 170 valence electrons. The molecule has 4 rings (SSSR count). The third-order valence-electron chi connectivity index (χ3n) is 4.71. The van der Waals surface area contributed by atoms with Gasteiger partial charge in [0.15, 0.2) is 22.4 Å². The number of nitrogens with one attached hydrogen (secondary N) is 1. The topological polar surface area (TPSA) is 96.6 Å². The van der Waals surface area contributed by atoms with Gasteiger partial charge >= 0.3 is 0 Å².